The molecule has 0 heterocycles. The number of carbonyl (C=O) groups is 1. The molecule has 3 aromatic carbocycles. The van der Waals surface area contributed by atoms with E-state index in [1.165, 1.54) is 27.8 Å². The van der Waals surface area contributed by atoms with E-state index in [0.717, 1.165) is 5.56 Å². The molecule has 4 N–H and O–H groups in total. The Balaban J connectivity index is 0.000000363. The maximum absolute atomic E-state index is 11.0. The van der Waals surface area contributed by atoms with E-state index >= 15 is 0 Å². The number of nitrogen functional groups attached to an aromatic ring is 1. The average molecular weight is 472 g/mol. The fourth-order valence-corrected chi connectivity index (χ4v) is 5.09. The summed E-state index contributed by atoms with van der Waals surface area (Å²) in [6, 6.07) is 18.2. The Morgan fingerprint density at radius 1 is 0.914 bits per heavy atom. The van der Waals surface area contributed by atoms with Crippen molar-refractivity contribution in [2.75, 3.05) is 5.73 Å². The van der Waals surface area contributed by atoms with Gasteiger partial charge in [0.2, 0.25) is 0 Å². The summed E-state index contributed by atoms with van der Waals surface area (Å²) in [5.41, 5.74) is 14.3. The van der Waals surface area contributed by atoms with Crippen LogP contribution in [-0.2, 0) is 10.8 Å². The molecule has 0 amide bonds. The van der Waals surface area contributed by atoms with Gasteiger partial charge in [0, 0.05) is 5.69 Å². The molecule has 0 saturated heterocycles. The second kappa shape index (κ2) is 9.61. The van der Waals surface area contributed by atoms with E-state index in [2.05, 4.69) is 66.7 Å². The minimum atomic E-state index is -0.893. The molecule has 35 heavy (non-hydrogen) atoms. The van der Waals surface area contributed by atoms with Crippen LogP contribution in [0.4, 0.5) is 5.69 Å². The van der Waals surface area contributed by atoms with E-state index in [1.807, 2.05) is 12.1 Å². The number of nitrogens with two attached hydrogens (primary N) is 1. The number of fused-ring (bicyclic) bond motifs is 1. The van der Waals surface area contributed by atoms with Gasteiger partial charge in [0.25, 0.3) is 0 Å². The van der Waals surface area contributed by atoms with Crippen molar-refractivity contribution in [2.24, 2.45) is 5.92 Å². The number of phenolic OH excluding ortho intramolecular Hbond substituents is 1. The van der Waals surface area contributed by atoms with Crippen LogP contribution in [0.25, 0.3) is 11.6 Å². The van der Waals surface area contributed by atoms with Crippen molar-refractivity contribution in [3.05, 3.63) is 94.0 Å². The largest absolute Gasteiger partial charge is 0.508 e. The van der Waals surface area contributed by atoms with Crippen molar-refractivity contribution >= 4 is 23.3 Å². The number of carboxylic acids is 1. The molecule has 4 rings (SSSR count). The van der Waals surface area contributed by atoms with Crippen LogP contribution in [0, 0.1) is 12.8 Å². The second-order valence-corrected chi connectivity index (χ2v) is 10.7. The standard InChI is InChI=1S/C25H30O2.C6H7NO/c1-15(12-18-8-10-19(11-9-18)23(26)27)20-14-22-21(13-16(20)2)24(4,5)17(3)25(22,6)7;7-5-1-3-6(8)4-2-5/h8-14,17H,1-7H3,(H,26,27);1-4,8H,7H2. The predicted octanol–water partition coefficient (Wildman–Crippen LogP) is 7.43. The number of carboxylic acid groups (broad SMARTS) is 1. The predicted molar refractivity (Wildman–Crippen MR) is 146 cm³/mol. The van der Waals surface area contributed by atoms with Crippen LogP contribution in [0.1, 0.15) is 79.7 Å². The number of phenols is 1. The lowest BCUT2D eigenvalue weighted by Crippen LogP contribution is -2.30. The summed E-state index contributed by atoms with van der Waals surface area (Å²) < 4.78 is 0. The van der Waals surface area contributed by atoms with Gasteiger partial charge in [-0.3, -0.25) is 0 Å². The van der Waals surface area contributed by atoms with Gasteiger partial charge >= 0.3 is 5.97 Å². The smallest absolute Gasteiger partial charge is 0.335 e. The zero-order chi connectivity index (χ0) is 26.1. The molecule has 4 nitrogen and oxygen atoms in total. The first kappa shape index (κ1) is 26.1. The lowest BCUT2D eigenvalue weighted by molar-refractivity contribution is 0.0697. The Morgan fingerprint density at radius 2 is 1.43 bits per heavy atom. The molecule has 0 fully saturated rings. The number of benzene rings is 3. The van der Waals surface area contributed by atoms with E-state index in [0.29, 0.717) is 17.2 Å². The number of anilines is 1. The first-order valence-corrected chi connectivity index (χ1v) is 12.0. The zero-order valence-corrected chi connectivity index (χ0v) is 21.8. The summed E-state index contributed by atoms with van der Waals surface area (Å²) in [7, 11) is 0. The van der Waals surface area contributed by atoms with Crippen LogP contribution in [0.15, 0.2) is 60.7 Å². The first-order valence-electron chi connectivity index (χ1n) is 12.0. The van der Waals surface area contributed by atoms with Crippen molar-refractivity contribution < 1.29 is 15.0 Å². The van der Waals surface area contributed by atoms with Crippen molar-refractivity contribution in [3.8, 4) is 5.75 Å². The number of hydrogen-bond donors (Lipinski definition) is 3. The zero-order valence-electron chi connectivity index (χ0n) is 21.8. The number of allylic oxidation sites excluding steroid dienone is 1. The highest BCUT2D eigenvalue weighted by Gasteiger charge is 2.48. The molecule has 0 aliphatic heterocycles. The van der Waals surface area contributed by atoms with Crippen LogP contribution in [0.5, 0.6) is 5.75 Å². The molecule has 184 valence electrons. The van der Waals surface area contributed by atoms with Gasteiger partial charge in [-0.25, -0.2) is 4.79 Å². The highest BCUT2D eigenvalue weighted by atomic mass is 16.4. The maximum atomic E-state index is 11.0. The van der Waals surface area contributed by atoms with Crippen LogP contribution >= 0.6 is 0 Å². The molecular weight excluding hydrogens is 434 g/mol. The third-order valence-corrected chi connectivity index (χ3v) is 7.78. The van der Waals surface area contributed by atoms with Crippen LogP contribution in [0.3, 0.4) is 0 Å². The van der Waals surface area contributed by atoms with Gasteiger partial charge in [0.1, 0.15) is 5.75 Å². The van der Waals surface area contributed by atoms with Gasteiger partial charge in [-0.15, -0.1) is 0 Å². The van der Waals surface area contributed by atoms with Crippen molar-refractivity contribution in [1.29, 1.82) is 0 Å². The number of aromatic hydroxyl groups is 1. The van der Waals surface area contributed by atoms with Gasteiger partial charge in [0.15, 0.2) is 0 Å². The fourth-order valence-electron chi connectivity index (χ4n) is 5.09. The highest BCUT2D eigenvalue weighted by Crippen LogP contribution is 2.54. The number of hydrogen-bond acceptors (Lipinski definition) is 3. The van der Waals surface area contributed by atoms with E-state index < -0.39 is 5.97 Å². The first-order chi connectivity index (χ1) is 16.2. The lowest BCUT2D eigenvalue weighted by Gasteiger charge is -2.32. The minimum Gasteiger partial charge on any atom is -0.508 e. The normalized spacial score (nSPS) is 17.8. The monoisotopic (exact) mass is 471 g/mol. The Bertz CT molecular complexity index is 1230. The summed E-state index contributed by atoms with van der Waals surface area (Å²) in [4.78, 5) is 11.0. The van der Waals surface area contributed by atoms with E-state index in [1.54, 1.807) is 36.4 Å². The number of aryl methyl sites for hydroxylation is 1. The molecule has 0 saturated carbocycles. The van der Waals surface area contributed by atoms with Crippen LogP contribution < -0.4 is 5.73 Å². The van der Waals surface area contributed by atoms with E-state index in [9.17, 15) is 4.79 Å². The molecule has 1 unspecified atom stereocenters. The second-order valence-electron chi connectivity index (χ2n) is 10.7. The molecule has 1 atom stereocenters. The topological polar surface area (TPSA) is 83.5 Å². The summed E-state index contributed by atoms with van der Waals surface area (Å²) in [5.74, 6) is -0.0719. The van der Waals surface area contributed by atoms with Gasteiger partial charge < -0.3 is 15.9 Å². The van der Waals surface area contributed by atoms with E-state index in [-0.39, 0.29) is 16.6 Å². The summed E-state index contributed by atoms with van der Waals surface area (Å²) in [5, 5.41) is 17.8. The summed E-state index contributed by atoms with van der Waals surface area (Å²) in [6.07, 6.45) is 2.14. The quantitative estimate of drug-likeness (QED) is 0.211. The molecule has 1 aliphatic carbocycles. The Kier molecular flexibility index (Phi) is 7.16. The summed E-state index contributed by atoms with van der Waals surface area (Å²) >= 11 is 0. The number of aromatic carboxylic acids is 1. The van der Waals surface area contributed by atoms with Gasteiger partial charge in [0.05, 0.1) is 5.56 Å². The summed E-state index contributed by atoms with van der Waals surface area (Å²) in [6.45, 7) is 16.1. The lowest BCUT2D eigenvalue weighted by atomic mass is 9.71. The Labute approximate surface area is 209 Å². The molecule has 0 spiro atoms. The SMILES string of the molecule is CC(=Cc1ccc(C(=O)O)cc1)c1cc2c(cc1C)C(C)(C)C(C)C2(C)C.Nc1ccc(O)cc1. The van der Waals surface area contributed by atoms with Crippen molar-refractivity contribution in [2.45, 2.75) is 59.3 Å². The Hall–Kier alpha value is -3.53. The van der Waals surface area contributed by atoms with Crippen LogP contribution in [0.2, 0.25) is 0 Å². The van der Waals surface area contributed by atoms with E-state index in [4.69, 9.17) is 15.9 Å². The molecule has 3 aromatic rings. The van der Waals surface area contributed by atoms with Crippen LogP contribution in [-0.4, -0.2) is 16.2 Å². The molecule has 1 aliphatic rings. The number of rotatable bonds is 3. The van der Waals surface area contributed by atoms with Gasteiger partial charge in [-0.2, -0.15) is 0 Å². The molecule has 4 heteroatoms. The third kappa shape index (κ3) is 5.27. The minimum absolute atomic E-state index is 0.144. The van der Waals surface area contributed by atoms with Gasteiger partial charge in [-0.05, 0) is 100 Å². The fraction of sp³-hybridized carbons (Fsp3) is 0.323. The molecule has 0 radical (unpaired) electrons. The van der Waals surface area contributed by atoms with Gasteiger partial charge in [-0.1, -0.05) is 65.0 Å². The maximum Gasteiger partial charge on any atom is 0.335 e. The molecule has 0 bridgehead atoms. The Morgan fingerprint density at radius 3 is 1.91 bits per heavy atom. The molecule has 0 aromatic heterocycles. The van der Waals surface area contributed by atoms with Crippen molar-refractivity contribution in [1.82, 2.24) is 0 Å². The third-order valence-electron chi connectivity index (χ3n) is 7.78. The average Bonchev–Trinajstić information content (AvgIpc) is 2.92. The highest BCUT2D eigenvalue weighted by molar-refractivity contribution is 5.88. The van der Waals surface area contributed by atoms with Crippen molar-refractivity contribution in [3.63, 3.8) is 0 Å². The molecular formula is C31H37NO3.